The summed E-state index contributed by atoms with van der Waals surface area (Å²) in [5.41, 5.74) is 2.58. The van der Waals surface area contributed by atoms with Gasteiger partial charge in [0.25, 0.3) is 0 Å². The Morgan fingerprint density at radius 3 is 2.88 bits per heavy atom. The zero-order valence-electron chi connectivity index (χ0n) is 15.0. The number of rotatable bonds is 4. The highest BCUT2D eigenvalue weighted by Crippen LogP contribution is 2.30. The molecular formula is C20H23FN2O3. The minimum atomic E-state index is -0.276. The van der Waals surface area contributed by atoms with E-state index in [1.165, 1.54) is 12.1 Å². The van der Waals surface area contributed by atoms with Crippen LogP contribution in [0.5, 0.6) is 5.75 Å². The van der Waals surface area contributed by atoms with Gasteiger partial charge in [-0.05, 0) is 42.3 Å². The van der Waals surface area contributed by atoms with Crippen LogP contribution in [0.4, 0.5) is 9.18 Å². The molecule has 1 atom stereocenters. The van der Waals surface area contributed by atoms with Crippen molar-refractivity contribution in [3.05, 3.63) is 53.8 Å². The molecule has 3 rings (SSSR count). The summed E-state index contributed by atoms with van der Waals surface area (Å²) in [6.07, 6.45) is 0. The summed E-state index contributed by atoms with van der Waals surface area (Å²) in [5.74, 6) is 0.477. The van der Waals surface area contributed by atoms with E-state index < -0.39 is 0 Å². The van der Waals surface area contributed by atoms with Gasteiger partial charge in [0.15, 0.2) is 0 Å². The number of amides is 2. The predicted molar refractivity (Wildman–Crippen MR) is 97.6 cm³/mol. The summed E-state index contributed by atoms with van der Waals surface area (Å²) in [6, 6.07) is 12.0. The van der Waals surface area contributed by atoms with E-state index in [1.54, 1.807) is 18.1 Å². The summed E-state index contributed by atoms with van der Waals surface area (Å²) in [5, 5.41) is 2.85. The first-order chi connectivity index (χ1) is 12.6. The normalized spacial score (nSPS) is 16.4. The molecule has 1 N–H and O–H groups in total. The second-order valence-corrected chi connectivity index (χ2v) is 6.35. The highest BCUT2D eigenvalue weighted by molar-refractivity contribution is 5.75. The maximum absolute atomic E-state index is 13.5. The predicted octanol–water partition coefficient (Wildman–Crippen LogP) is 3.43. The molecule has 0 aliphatic carbocycles. The van der Waals surface area contributed by atoms with Crippen LogP contribution in [0, 0.1) is 5.82 Å². The van der Waals surface area contributed by atoms with Gasteiger partial charge in [-0.2, -0.15) is 0 Å². The Kier molecular flexibility index (Phi) is 5.73. The molecule has 0 saturated heterocycles. The first-order valence-electron chi connectivity index (χ1n) is 8.63. The zero-order valence-corrected chi connectivity index (χ0v) is 15.0. The minimum absolute atomic E-state index is 0.0671. The SMILES string of the molecule is COCCNC(=O)N1Cc2cc(-c3cccc(F)c3)ccc2OC[C@@H]1C. The molecule has 0 radical (unpaired) electrons. The van der Waals surface area contributed by atoms with Gasteiger partial charge >= 0.3 is 6.03 Å². The minimum Gasteiger partial charge on any atom is -0.491 e. The highest BCUT2D eigenvalue weighted by Gasteiger charge is 2.25. The van der Waals surface area contributed by atoms with E-state index in [1.807, 2.05) is 31.2 Å². The van der Waals surface area contributed by atoms with Gasteiger partial charge in [0.05, 0.1) is 19.2 Å². The first kappa shape index (κ1) is 18.2. The first-order valence-corrected chi connectivity index (χ1v) is 8.63. The maximum Gasteiger partial charge on any atom is 0.318 e. The number of methoxy groups -OCH3 is 1. The molecule has 26 heavy (non-hydrogen) atoms. The van der Waals surface area contributed by atoms with E-state index in [2.05, 4.69) is 5.32 Å². The Bertz CT molecular complexity index is 781. The summed E-state index contributed by atoms with van der Waals surface area (Å²) in [4.78, 5) is 14.2. The average molecular weight is 358 g/mol. The third kappa shape index (κ3) is 4.14. The lowest BCUT2D eigenvalue weighted by atomic mass is 10.0. The van der Waals surface area contributed by atoms with E-state index in [0.717, 1.165) is 22.4 Å². The van der Waals surface area contributed by atoms with Gasteiger partial charge in [-0.25, -0.2) is 9.18 Å². The number of benzene rings is 2. The number of ether oxygens (including phenoxy) is 2. The molecule has 138 valence electrons. The Hall–Kier alpha value is -2.60. The monoisotopic (exact) mass is 358 g/mol. The van der Waals surface area contributed by atoms with Crippen LogP contribution in [0.2, 0.25) is 0 Å². The van der Waals surface area contributed by atoms with Gasteiger partial charge < -0.3 is 19.7 Å². The second-order valence-electron chi connectivity index (χ2n) is 6.35. The van der Waals surface area contributed by atoms with Gasteiger partial charge in [-0.15, -0.1) is 0 Å². The summed E-state index contributed by atoms with van der Waals surface area (Å²) in [7, 11) is 1.60. The molecule has 2 amide bonds. The van der Waals surface area contributed by atoms with Gasteiger partial charge in [0, 0.05) is 19.2 Å². The van der Waals surface area contributed by atoms with E-state index in [0.29, 0.717) is 26.3 Å². The summed E-state index contributed by atoms with van der Waals surface area (Å²) >= 11 is 0. The fraction of sp³-hybridized carbons (Fsp3) is 0.350. The Balaban J connectivity index is 1.84. The van der Waals surface area contributed by atoms with Gasteiger partial charge in [0.2, 0.25) is 0 Å². The van der Waals surface area contributed by atoms with E-state index >= 15 is 0 Å². The molecule has 5 nitrogen and oxygen atoms in total. The molecule has 0 fully saturated rings. The van der Waals surface area contributed by atoms with Crippen LogP contribution in [0.3, 0.4) is 0 Å². The number of nitrogens with one attached hydrogen (secondary N) is 1. The van der Waals surface area contributed by atoms with Gasteiger partial charge in [-0.3, -0.25) is 0 Å². The van der Waals surface area contributed by atoms with E-state index in [4.69, 9.17) is 9.47 Å². The number of hydrogen-bond acceptors (Lipinski definition) is 3. The molecule has 0 aromatic heterocycles. The zero-order chi connectivity index (χ0) is 18.5. The summed E-state index contributed by atoms with van der Waals surface area (Å²) in [6.45, 7) is 3.72. The van der Waals surface area contributed by atoms with Crippen LogP contribution in [0.25, 0.3) is 11.1 Å². The third-order valence-corrected chi connectivity index (χ3v) is 4.41. The van der Waals surface area contributed by atoms with E-state index in [-0.39, 0.29) is 17.9 Å². The van der Waals surface area contributed by atoms with Crippen LogP contribution < -0.4 is 10.1 Å². The van der Waals surface area contributed by atoms with E-state index in [9.17, 15) is 9.18 Å². The molecule has 0 bridgehead atoms. The van der Waals surface area contributed by atoms with Crippen LogP contribution in [-0.2, 0) is 11.3 Å². The van der Waals surface area contributed by atoms with Crippen molar-refractivity contribution >= 4 is 6.03 Å². The van der Waals surface area contributed by atoms with Crippen molar-refractivity contribution in [2.24, 2.45) is 0 Å². The van der Waals surface area contributed by atoms with Gasteiger partial charge in [-0.1, -0.05) is 18.2 Å². The number of fused-ring (bicyclic) bond motifs is 1. The van der Waals surface area contributed by atoms with Crippen LogP contribution in [-0.4, -0.2) is 43.8 Å². The molecule has 0 spiro atoms. The highest BCUT2D eigenvalue weighted by atomic mass is 19.1. The average Bonchev–Trinajstić information content (AvgIpc) is 2.80. The Labute approximate surface area is 152 Å². The molecule has 6 heteroatoms. The Morgan fingerprint density at radius 2 is 2.12 bits per heavy atom. The second kappa shape index (κ2) is 8.19. The van der Waals surface area contributed by atoms with Crippen molar-refractivity contribution in [3.8, 4) is 16.9 Å². The molecule has 1 aliphatic heterocycles. The number of nitrogens with zero attached hydrogens (tertiary/aromatic N) is 1. The molecule has 2 aromatic rings. The number of carbonyl (C=O) groups excluding carboxylic acids is 1. The number of hydrogen-bond donors (Lipinski definition) is 1. The van der Waals surface area contributed by atoms with Crippen LogP contribution in [0.15, 0.2) is 42.5 Å². The van der Waals surface area contributed by atoms with Crippen molar-refractivity contribution in [2.75, 3.05) is 26.9 Å². The Morgan fingerprint density at radius 1 is 1.31 bits per heavy atom. The van der Waals surface area contributed by atoms with Crippen LogP contribution in [0.1, 0.15) is 12.5 Å². The largest absolute Gasteiger partial charge is 0.491 e. The maximum atomic E-state index is 13.5. The topological polar surface area (TPSA) is 50.8 Å². The number of carbonyl (C=O) groups is 1. The lowest BCUT2D eigenvalue weighted by Crippen LogP contribution is -2.46. The van der Waals surface area contributed by atoms with Crippen molar-refractivity contribution in [2.45, 2.75) is 19.5 Å². The molecule has 2 aromatic carbocycles. The summed E-state index contributed by atoms with van der Waals surface area (Å²) < 4.78 is 24.4. The fourth-order valence-corrected chi connectivity index (χ4v) is 2.96. The quantitative estimate of drug-likeness (QED) is 0.852. The van der Waals surface area contributed by atoms with Gasteiger partial charge in [0.1, 0.15) is 18.2 Å². The number of halogens is 1. The third-order valence-electron chi connectivity index (χ3n) is 4.41. The molecule has 0 unspecified atom stereocenters. The molecule has 1 aliphatic rings. The molecule has 1 heterocycles. The van der Waals surface area contributed by atoms with Crippen LogP contribution >= 0.6 is 0 Å². The fourth-order valence-electron chi connectivity index (χ4n) is 2.96. The van der Waals surface area contributed by atoms with Crippen molar-refractivity contribution < 1.29 is 18.7 Å². The smallest absolute Gasteiger partial charge is 0.318 e. The number of urea groups is 1. The standard InChI is InChI=1S/C20H23FN2O3/c1-14-13-26-19-7-6-16(15-4-3-5-18(21)11-15)10-17(19)12-23(14)20(24)22-8-9-25-2/h3-7,10-11,14H,8-9,12-13H2,1-2H3,(H,22,24)/t14-/m0/s1. The van der Waals surface area contributed by atoms with Crippen molar-refractivity contribution in [3.63, 3.8) is 0 Å². The lowest BCUT2D eigenvalue weighted by Gasteiger charge is -2.26. The van der Waals surface area contributed by atoms with Crippen molar-refractivity contribution in [1.29, 1.82) is 0 Å². The molecule has 0 saturated carbocycles. The lowest BCUT2D eigenvalue weighted by molar-refractivity contribution is 0.150. The van der Waals surface area contributed by atoms with Crippen molar-refractivity contribution in [1.82, 2.24) is 10.2 Å². The molecular weight excluding hydrogens is 335 g/mol.